The van der Waals surface area contributed by atoms with Crippen molar-refractivity contribution in [1.29, 1.82) is 0 Å². The Morgan fingerprint density at radius 3 is 2.77 bits per heavy atom. The number of aromatic nitrogens is 3. The summed E-state index contributed by atoms with van der Waals surface area (Å²) in [5, 5.41) is 7.22. The quantitative estimate of drug-likeness (QED) is 0.404. The first-order valence-electron chi connectivity index (χ1n) is 12.1. The Hall–Kier alpha value is -4.07. The average Bonchev–Trinajstić information content (AvgIpc) is 3.54. The Bertz CT molecular complexity index is 1600. The van der Waals surface area contributed by atoms with E-state index in [2.05, 4.69) is 31.0 Å². The molecular formula is C25H27F2N7O4S. The molecule has 2 aliphatic heterocycles. The molecule has 1 fully saturated rings. The van der Waals surface area contributed by atoms with Crippen molar-refractivity contribution in [1.82, 2.24) is 24.2 Å². The summed E-state index contributed by atoms with van der Waals surface area (Å²) in [6.45, 7) is 3.15. The monoisotopic (exact) mass is 559 g/mol. The Morgan fingerprint density at radius 1 is 1.33 bits per heavy atom. The summed E-state index contributed by atoms with van der Waals surface area (Å²) in [6.07, 6.45) is 3.75. The first-order valence-corrected chi connectivity index (χ1v) is 14.2. The van der Waals surface area contributed by atoms with Gasteiger partial charge in [-0.2, -0.15) is 5.10 Å². The van der Waals surface area contributed by atoms with Crippen LogP contribution in [0.15, 0.2) is 35.7 Å². The molecule has 2 N–H and O–H groups in total. The van der Waals surface area contributed by atoms with Gasteiger partial charge >= 0.3 is 0 Å². The van der Waals surface area contributed by atoms with Crippen LogP contribution in [0.1, 0.15) is 29.3 Å². The van der Waals surface area contributed by atoms with Gasteiger partial charge in [0.15, 0.2) is 11.9 Å². The summed E-state index contributed by atoms with van der Waals surface area (Å²) in [7, 11) is -2.80. The number of ether oxygens (including phenoxy) is 1. The molecular weight excluding hydrogens is 532 g/mol. The van der Waals surface area contributed by atoms with Crippen LogP contribution in [0.5, 0.6) is 5.75 Å². The first-order chi connectivity index (χ1) is 18.4. The Balaban J connectivity index is 1.41. The second-order valence-electron chi connectivity index (χ2n) is 9.71. The highest BCUT2D eigenvalue weighted by Crippen LogP contribution is 2.33. The van der Waals surface area contributed by atoms with E-state index in [-0.39, 0.29) is 42.2 Å². The SMILES string of the molecule is C=S(C)(=O)NC(=O)c1cn2ncnc(Nc3ccc(F)cc3OC(C)C(=O)N3CC(F)CC3C3C=N3)c2c1C. The number of likely N-dealkylation sites (tertiary alicyclic amines) is 1. The Morgan fingerprint density at radius 2 is 2.08 bits per heavy atom. The van der Waals surface area contributed by atoms with Gasteiger partial charge in [-0.05, 0) is 37.4 Å². The predicted octanol–water partition coefficient (Wildman–Crippen LogP) is 2.07. The number of alkyl halides is 1. The molecule has 5 unspecified atom stereocenters. The molecule has 0 aliphatic carbocycles. The Labute approximate surface area is 223 Å². The molecule has 1 saturated heterocycles. The summed E-state index contributed by atoms with van der Waals surface area (Å²) in [6, 6.07) is 3.24. The normalized spacial score (nSPS) is 22.4. The number of nitrogens with zero attached hydrogens (tertiary/aromatic N) is 5. The molecule has 206 valence electrons. The molecule has 0 bridgehead atoms. The molecule has 3 aromatic rings. The number of fused-ring (bicyclic) bond motifs is 1. The second-order valence-corrected chi connectivity index (χ2v) is 11.9. The molecule has 11 nitrogen and oxygen atoms in total. The van der Waals surface area contributed by atoms with E-state index < -0.39 is 39.6 Å². The van der Waals surface area contributed by atoms with E-state index in [0.717, 1.165) is 6.07 Å². The van der Waals surface area contributed by atoms with Crippen LogP contribution in [0.3, 0.4) is 0 Å². The van der Waals surface area contributed by atoms with Crippen LogP contribution in [-0.2, 0) is 14.5 Å². The van der Waals surface area contributed by atoms with Crippen LogP contribution in [0.2, 0.25) is 0 Å². The van der Waals surface area contributed by atoms with E-state index in [4.69, 9.17) is 4.74 Å². The largest absolute Gasteiger partial charge is 0.479 e. The van der Waals surface area contributed by atoms with Gasteiger partial charge in [-0.15, -0.1) is 0 Å². The lowest BCUT2D eigenvalue weighted by Crippen LogP contribution is -2.45. The topological polar surface area (TPSA) is 130 Å². The maximum atomic E-state index is 14.2. The number of carbonyl (C=O) groups is 2. The summed E-state index contributed by atoms with van der Waals surface area (Å²) < 4.78 is 50.0. The van der Waals surface area contributed by atoms with Gasteiger partial charge in [-0.3, -0.25) is 19.3 Å². The van der Waals surface area contributed by atoms with Gasteiger partial charge in [0.1, 0.15) is 35.6 Å². The summed E-state index contributed by atoms with van der Waals surface area (Å²) >= 11 is 0. The smallest absolute Gasteiger partial charge is 0.264 e. The molecule has 2 amide bonds. The second kappa shape index (κ2) is 9.91. The number of rotatable bonds is 8. The number of amides is 2. The van der Waals surface area contributed by atoms with E-state index in [0.29, 0.717) is 16.8 Å². The van der Waals surface area contributed by atoms with Crippen molar-refractivity contribution >= 4 is 50.6 Å². The summed E-state index contributed by atoms with van der Waals surface area (Å²) in [5.74, 6) is 2.15. The molecule has 4 heterocycles. The van der Waals surface area contributed by atoms with E-state index in [1.54, 1.807) is 13.1 Å². The third-order valence-electron chi connectivity index (χ3n) is 6.52. The maximum absolute atomic E-state index is 14.2. The van der Waals surface area contributed by atoms with E-state index in [9.17, 15) is 22.6 Å². The number of halogens is 2. The number of nitrogens with one attached hydrogen (secondary N) is 2. The maximum Gasteiger partial charge on any atom is 0.264 e. The van der Waals surface area contributed by atoms with Crippen LogP contribution in [0, 0.1) is 12.7 Å². The molecule has 5 rings (SSSR count). The van der Waals surface area contributed by atoms with Gasteiger partial charge in [0.05, 0.1) is 23.8 Å². The number of anilines is 2. The lowest BCUT2D eigenvalue weighted by atomic mass is 10.1. The van der Waals surface area contributed by atoms with Gasteiger partial charge in [-0.25, -0.2) is 22.5 Å². The van der Waals surface area contributed by atoms with Crippen molar-refractivity contribution in [2.24, 2.45) is 4.99 Å². The third kappa shape index (κ3) is 5.55. The molecule has 1 aromatic carbocycles. The first kappa shape index (κ1) is 26.5. The molecule has 0 saturated carbocycles. The van der Waals surface area contributed by atoms with Crippen molar-refractivity contribution < 1.29 is 27.3 Å². The van der Waals surface area contributed by atoms with E-state index >= 15 is 0 Å². The standard InChI is InChI=1S/C25H27F2N7O4S/c1-13-17(24(35)32-39(3,4)37)11-34-22(13)23(29-12-30-34)31-18-6-5-15(26)8-21(18)38-14(2)25(36)33-10-16(27)7-20(33)19-9-28-19/h5-6,8-9,11-12,14,16,19-20H,3,7,10H2,1-2,4H3,(H,29,30,31)(H,32,35,37). The number of hydrogen-bond acceptors (Lipinski definition) is 8. The van der Waals surface area contributed by atoms with Crippen molar-refractivity contribution in [2.45, 2.75) is 44.6 Å². The van der Waals surface area contributed by atoms with Crippen LogP contribution in [0.4, 0.5) is 20.3 Å². The fraction of sp³-hybridized carbons (Fsp3) is 0.360. The minimum absolute atomic E-state index is 0.0350. The van der Waals surface area contributed by atoms with Gasteiger partial charge in [-0.1, -0.05) is 0 Å². The van der Waals surface area contributed by atoms with E-state index in [1.165, 1.54) is 47.3 Å². The van der Waals surface area contributed by atoms with Crippen LogP contribution >= 0.6 is 0 Å². The fourth-order valence-electron chi connectivity index (χ4n) is 4.67. The fourth-order valence-corrected chi connectivity index (χ4v) is 5.17. The number of benzene rings is 1. The molecule has 14 heteroatoms. The molecule has 2 aliphatic rings. The number of carbonyl (C=O) groups excluding carboxylic acids is 2. The van der Waals surface area contributed by atoms with Crippen LogP contribution < -0.4 is 14.8 Å². The number of aliphatic imine (C=N–C) groups is 1. The summed E-state index contributed by atoms with van der Waals surface area (Å²) in [4.78, 5) is 35.6. The van der Waals surface area contributed by atoms with Gasteiger partial charge < -0.3 is 15.0 Å². The predicted molar refractivity (Wildman–Crippen MR) is 143 cm³/mol. The van der Waals surface area contributed by atoms with Crippen molar-refractivity contribution in [3.63, 3.8) is 0 Å². The number of hydrogen-bond donors (Lipinski definition) is 2. The summed E-state index contributed by atoms with van der Waals surface area (Å²) in [5.41, 5.74) is 1.45. The minimum atomic E-state index is -2.80. The molecule has 0 spiro atoms. The zero-order valence-corrected chi connectivity index (χ0v) is 22.2. The number of aryl methyl sites for hydroxylation is 1. The molecule has 39 heavy (non-hydrogen) atoms. The van der Waals surface area contributed by atoms with Gasteiger partial charge in [0.2, 0.25) is 0 Å². The lowest BCUT2D eigenvalue weighted by molar-refractivity contribution is -0.138. The van der Waals surface area contributed by atoms with E-state index in [1.807, 2.05) is 0 Å². The third-order valence-corrected chi connectivity index (χ3v) is 7.14. The van der Waals surface area contributed by atoms with Crippen molar-refractivity contribution in [3.05, 3.63) is 47.7 Å². The highest BCUT2D eigenvalue weighted by Gasteiger charge is 2.43. The molecule has 0 radical (unpaired) electrons. The minimum Gasteiger partial charge on any atom is -0.479 e. The average molecular weight is 560 g/mol. The highest BCUT2D eigenvalue weighted by atomic mass is 32.2. The lowest BCUT2D eigenvalue weighted by Gasteiger charge is -2.27. The Kier molecular flexibility index (Phi) is 6.74. The van der Waals surface area contributed by atoms with Gasteiger partial charge in [0.25, 0.3) is 11.8 Å². The zero-order valence-electron chi connectivity index (χ0n) is 21.4. The van der Waals surface area contributed by atoms with Crippen molar-refractivity contribution in [2.75, 3.05) is 18.1 Å². The van der Waals surface area contributed by atoms with Crippen molar-refractivity contribution in [3.8, 4) is 5.75 Å². The zero-order chi connectivity index (χ0) is 28.1. The van der Waals surface area contributed by atoms with Crippen LogP contribution in [-0.4, -0.2) is 84.8 Å². The molecule has 5 atom stereocenters. The highest BCUT2D eigenvalue weighted by molar-refractivity contribution is 7.98. The van der Waals surface area contributed by atoms with Gasteiger partial charge in [0, 0.05) is 40.9 Å². The van der Waals surface area contributed by atoms with Crippen LogP contribution in [0.25, 0.3) is 5.52 Å². The molecule has 2 aromatic heterocycles.